The number of rotatable bonds is 2. The number of nitrogens with zero attached hydrogens (tertiary/aromatic N) is 1. The van der Waals surface area contributed by atoms with Crippen molar-refractivity contribution in [2.45, 2.75) is 23.7 Å². The Morgan fingerprint density at radius 3 is 2.75 bits per heavy atom. The summed E-state index contributed by atoms with van der Waals surface area (Å²) in [6.45, 7) is 2.42. The zero-order valence-corrected chi connectivity index (χ0v) is 13.9. The molecular formula is C18H16N2O3S. The van der Waals surface area contributed by atoms with Gasteiger partial charge in [-0.1, -0.05) is 18.2 Å². The highest BCUT2D eigenvalue weighted by Crippen LogP contribution is 2.67. The number of aryl methyl sites for hydroxylation is 1. The van der Waals surface area contributed by atoms with E-state index in [-0.39, 0.29) is 22.0 Å². The third-order valence-corrected chi connectivity index (χ3v) is 7.38. The standard InChI is InChI=1S/C18H16N2O3S/c1-11-9-19-17-14(21)7-15-18(16(11)17)8-12(18)10-20(15)24(22,23)13-5-3-2-4-6-13/h2-7,9,12,19H,8,10H2,1H3/t12-,18+/m1/s1. The smallest absolute Gasteiger partial charge is 0.264 e. The van der Waals surface area contributed by atoms with Crippen LogP contribution in [0.25, 0.3) is 0 Å². The van der Waals surface area contributed by atoms with Crippen molar-refractivity contribution in [1.29, 1.82) is 0 Å². The first-order valence-electron chi connectivity index (χ1n) is 7.99. The largest absolute Gasteiger partial charge is 0.358 e. The van der Waals surface area contributed by atoms with Gasteiger partial charge in [0.15, 0.2) is 0 Å². The van der Waals surface area contributed by atoms with Crippen LogP contribution in [0.15, 0.2) is 53.2 Å². The summed E-state index contributed by atoms with van der Waals surface area (Å²) >= 11 is 0. The van der Waals surface area contributed by atoms with E-state index in [1.807, 2.05) is 13.1 Å². The highest BCUT2D eigenvalue weighted by atomic mass is 32.2. The predicted octanol–water partition coefficient (Wildman–Crippen LogP) is 2.37. The number of carbonyl (C=O) groups is 1. The number of hydrogen-bond acceptors (Lipinski definition) is 3. The fourth-order valence-corrected chi connectivity index (χ4v) is 6.06. The quantitative estimate of drug-likeness (QED) is 0.912. The van der Waals surface area contributed by atoms with Gasteiger partial charge in [-0.05, 0) is 42.5 Å². The number of allylic oxidation sites excluding steroid dienone is 2. The van der Waals surface area contributed by atoms with E-state index in [0.29, 0.717) is 17.9 Å². The number of sulfonamides is 1. The first-order valence-corrected chi connectivity index (χ1v) is 9.43. The molecule has 2 fully saturated rings. The molecule has 1 aromatic carbocycles. The SMILES string of the molecule is Cc1c[nH]c2c1[C@@]13C[C@@H]1CN(S(=O)(=O)c1ccccc1)C3=CC2=O. The number of piperidine rings is 1. The van der Waals surface area contributed by atoms with Crippen molar-refractivity contribution < 1.29 is 13.2 Å². The van der Waals surface area contributed by atoms with Crippen LogP contribution in [-0.2, 0) is 15.4 Å². The van der Waals surface area contributed by atoms with Crippen LogP contribution in [-0.4, -0.2) is 30.0 Å². The van der Waals surface area contributed by atoms with Gasteiger partial charge in [-0.15, -0.1) is 0 Å². The van der Waals surface area contributed by atoms with E-state index in [4.69, 9.17) is 0 Å². The molecule has 1 saturated carbocycles. The molecule has 24 heavy (non-hydrogen) atoms. The van der Waals surface area contributed by atoms with Crippen LogP contribution >= 0.6 is 0 Å². The molecular weight excluding hydrogens is 324 g/mol. The zero-order valence-electron chi connectivity index (χ0n) is 13.1. The van der Waals surface area contributed by atoms with Gasteiger partial charge in [0.2, 0.25) is 5.78 Å². The van der Waals surface area contributed by atoms with Gasteiger partial charge in [0, 0.05) is 29.9 Å². The Bertz CT molecular complexity index is 1020. The Hall–Kier alpha value is -2.34. The third kappa shape index (κ3) is 1.50. The van der Waals surface area contributed by atoms with Crippen molar-refractivity contribution in [3.05, 3.63) is 65.1 Å². The maximum absolute atomic E-state index is 13.1. The Balaban J connectivity index is 1.67. The number of benzene rings is 1. The van der Waals surface area contributed by atoms with Gasteiger partial charge in [0.05, 0.1) is 10.6 Å². The number of ketones is 1. The van der Waals surface area contributed by atoms with Gasteiger partial charge in [0.1, 0.15) is 0 Å². The van der Waals surface area contributed by atoms with E-state index >= 15 is 0 Å². The van der Waals surface area contributed by atoms with E-state index in [1.54, 1.807) is 30.3 Å². The predicted molar refractivity (Wildman–Crippen MR) is 88.1 cm³/mol. The van der Waals surface area contributed by atoms with Crippen molar-refractivity contribution in [3.8, 4) is 0 Å². The molecule has 1 spiro atoms. The average molecular weight is 340 g/mol. The van der Waals surface area contributed by atoms with Crippen molar-refractivity contribution >= 4 is 15.8 Å². The molecule has 5 rings (SSSR count). The van der Waals surface area contributed by atoms with Gasteiger partial charge >= 0.3 is 0 Å². The zero-order chi connectivity index (χ0) is 16.7. The Morgan fingerprint density at radius 2 is 2.00 bits per heavy atom. The van der Waals surface area contributed by atoms with Crippen LogP contribution in [0.1, 0.15) is 28.0 Å². The van der Waals surface area contributed by atoms with E-state index in [2.05, 4.69) is 4.98 Å². The van der Waals surface area contributed by atoms with Gasteiger partial charge in [0.25, 0.3) is 10.0 Å². The molecule has 1 saturated heterocycles. The molecule has 5 nitrogen and oxygen atoms in total. The van der Waals surface area contributed by atoms with Crippen LogP contribution in [0.5, 0.6) is 0 Å². The van der Waals surface area contributed by atoms with Crippen molar-refractivity contribution in [3.63, 3.8) is 0 Å². The fraction of sp³-hybridized carbons (Fsp3) is 0.278. The van der Waals surface area contributed by atoms with E-state index in [9.17, 15) is 13.2 Å². The normalized spacial score (nSPS) is 27.4. The molecule has 2 atom stereocenters. The lowest BCUT2D eigenvalue weighted by Crippen LogP contribution is -2.33. The minimum absolute atomic E-state index is 0.139. The number of aromatic amines is 1. The topological polar surface area (TPSA) is 70.2 Å². The third-order valence-electron chi connectivity index (χ3n) is 5.59. The lowest BCUT2D eigenvalue weighted by atomic mass is 9.83. The molecule has 3 aliphatic rings. The van der Waals surface area contributed by atoms with Gasteiger partial charge in [-0.25, -0.2) is 8.42 Å². The highest BCUT2D eigenvalue weighted by Gasteiger charge is 2.68. The fourth-order valence-electron chi connectivity index (χ4n) is 4.45. The minimum atomic E-state index is -3.64. The number of aromatic nitrogens is 1. The molecule has 0 radical (unpaired) electrons. The number of fused-ring (bicyclic) bond motifs is 1. The van der Waals surface area contributed by atoms with E-state index < -0.39 is 10.0 Å². The summed E-state index contributed by atoms with van der Waals surface area (Å²) in [5.74, 6) is 0.114. The molecule has 1 N–H and O–H groups in total. The maximum atomic E-state index is 13.1. The molecule has 6 heteroatoms. The summed E-state index contributed by atoms with van der Waals surface area (Å²) in [7, 11) is -3.64. The average Bonchev–Trinajstić information content (AvgIpc) is 2.97. The lowest BCUT2D eigenvalue weighted by molar-refractivity contribution is 0.103. The van der Waals surface area contributed by atoms with Crippen LogP contribution in [0.2, 0.25) is 0 Å². The summed E-state index contributed by atoms with van der Waals surface area (Å²) in [5.41, 5.74) is 3.01. The van der Waals surface area contributed by atoms with Crippen LogP contribution < -0.4 is 0 Å². The molecule has 2 aliphatic carbocycles. The minimum Gasteiger partial charge on any atom is -0.358 e. The molecule has 0 amide bonds. The highest BCUT2D eigenvalue weighted by molar-refractivity contribution is 7.89. The van der Waals surface area contributed by atoms with Gasteiger partial charge in [-0.2, -0.15) is 0 Å². The number of H-pyrrole nitrogens is 1. The molecule has 122 valence electrons. The van der Waals surface area contributed by atoms with Crippen LogP contribution in [0.4, 0.5) is 0 Å². The Kier molecular flexibility index (Phi) is 2.45. The van der Waals surface area contributed by atoms with E-state index in [0.717, 1.165) is 17.5 Å². The number of hydrogen-bond donors (Lipinski definition) is 1. The molecule has 2 heterocycles. The maximum Gasteiger partial charge on any atom is 0.264 e. The second-order valence-electron chi connectivity index (χ2n) is 6.84. The second kappa shape index (κ2) is 4.19. The Labute approximate surface area is 140 Å². The number of nitrogens with one attached hydrogen (secondary N) is 1. The first kappa shape index (κ1) is 14.0. The lowest BCUT2D eigenvalue weighted by Gasteiger charge is -2.29. The van der Waals surface area contributed by atoms with Crippen LogP contribution in [0.3, 0.4) is 0 Å². The monoisotopic (exact) mass is 340 g/mol. The summed E-state index contributed by atoms with van der Waals surface area (Å²) in [6.07, 6.45) is 4.28. The molecule has 1 aliphatic heterocycles. The molecule has 0 unspecified atom stereocenters. The molecule has 2 aromatic rings. The molecule has 1 aromatic heterocycles. The summed E-state index contributed by atoms with van der Waals surface area (Å²) in [5, 5.41) is 0. The van der Waals surface area contributed by atoms with Crippen LogP contribution in [0, 0.1) is 12.8 Å². The molecule has 0 bridgehead atoms. The summed E-state index contributed by atoms with van der Waals surface area (Å²) in [4.78, 5) is 15.8. The summed E-state index contributed by atoms with van der Waals surface area (Å²) < 4.78 is 27.6. The number of carbonyl (C=O) groups excluding carboxylic acids is 1. The Morgan fingerprint density at radius 1 is 1.25 bits per heavy atom. The second-order valence-corrected chi connectivity index (χ2v) is 8.70. The van der Waals surface area contributed by atoms with Gasteiger partial charge in [-0.3, -0.25) is 9.10 Å². The van der Waals surface area contributed by atoms with Crippen molar-refractivity contribution in [2.75, 3.05) is 6.54 Å². The first-order chi connectivity index (χ1) is 11.5. The van der Waals surface area contributed by atoms with Gasteiger partial charge < -0.3 is 4.98 Å². The summed E-state index contributed by atoms with van der Waals surface area (Å²) in [6, 6.07) is 8.43. The van der Waals surface area contributed by atoms with Crippen molar-refractivity contribution in [2.24, 2.45) is 5.92 Å². The van der Waals surface area contributed by atoms with Crippen molar-refractivity contribution in [1.82, 2.24) is 9.29 Å². The van der Waals surface area contributed by atoms with E-state index in [1.165, 1.54) is 10.4 Å².